The Morgan fingerprint density at radius 2 is 2.31 bits per heavy atom. The lowest BCUT2D eigenvalue weighted by Gasteiger charge is -2.03. The van der Waals surface area contributed by atoms with Gasteiger partial charge in [0.2, 0.25) is 5.88 Å². The fraction of sp³-hybridized carbons (Fsp3) is 0.500. The Morgan fingerprint density at radius 3 is 3.00 bits per heavy atom. The summed E-state index contributed by atoms with van der Waals surface area (Å²) in [5.41, 5.74) is 0. The first-order valence-corrected chi connectivity index (χ1v) is 5.68. The van der Waals surface area contributed by atoms with Crippen LogP contribution >= 0.6 is 22.6 Å². The minimum atomic E-state index is 0.757. The summed E-state index contributed by atoms with van der Waals surface area (Å²) in [6, 6.07) is 5.85. The van der Waals surface area contributed by atoms with Gasteiger partial charge in [-0.25, -0.2) is 4.98 Å². The van der Waals surface area contributed by atoms with E-state index in [9.17, 15) is 0 Å². The number of pyridine rings is 1. The van der Waals surface area contributed by atoms with Crippen molar-refractivity contribution in [2.24, 2.45) is 5.92 Å². The predicted molar refractivity (Wildman–Crippen MR) is 59.8 cm³/mol. The molecule has 1 aromatic heterocycles. The van der Waals surface area contributed by atoms with Gasteiger partial charge >= 0.3 is 0 Å². The van der Waals surface area contributed by atoms with Crippen LogP contribution in [0.3, 0.4) is 0 Å². The minimum absolute atomic E-state index is 0.757. The zero-order chi connectivity index (χ0) is 9.10. The first-order chi connectivity index (χ1) is 6.34. The summed E-state index contributed by atoms with van der Waals surface area (Å²) >= 11 is 2.19. The Balaban J connectivity index is 1.79. The summed E-state index contributed by atoms with van der Waals surface area (Å²) in [6.07, 6.45) is 3.97. The summed E-state index contributed by atoms with van der Waals surface area (Å²) in [4.78, 5) is 4.25. The van der Waals surface area contributed by atoms with Crippen molar-refractivity contribution in [1.29, 1.82) is 0 Å². The Labute approximate surface area is 91.8 Å². The van der Waals surface area contributed by atoms with Crippen LogP contribution in [0.4, 0.5) is 0 Å². The van der Waals surface area contributed by atoms with Crippen LogP contribution in [0.2, 0.25) is 0 Å². The highest BCUT2D eigenvalue weighted by Crippen LogP contribution is 2.32. The molecule has 2 rings (SSSR count). The maximum absolute atomic E-state index is 5.52. The Kier molecular flexibility index (Phi) is 3.03. The largest absolute Gasteiger partial charge is 0.478 e. The fourth-order valence-corrected chi connectivity index (χ4v) is 1.65. The van der Waals surface area contributed by atoms with E-state index < -0.39 is 0 Å². The first-order valence-electron chi connectivity index (χ1n) is 4.60. The van der Waals surface area contributed by atoms with E-state index in [2.05, 4.69) is 27.6 Å². The van der Waals surface area contributed by atoms with Crippen LogP contribution in [0.25, 0.3) is 0 Å². The number of hydrogen-bond acceptors (Lipinski definition) is 2. The number of halogens is 1. The summed E-state index contributed by atoms with van der Waals surface area (Å²) in [5, 5.41) is 0. The monoisotopic (exact) mass is 289 g/mol. The Hall–Kier alpha value is -0.320. The summed E-state index contributed by atoms with van der Waals surface area (Å²) in [7, 11) is 0. The molecule has 1 saturated carbocycles. The molecule has 0 spiro atoms. The number of hydrogen-bond donors (Lipinski definition) is 0. The molecule has 2 nitrogen and oxygen atoms in total. The van der Waals surface area contributed by atoms with Crippen LogP contribution in [0.15, 0.2) is 18.2 Å². The van der Waals surface area contributed by atoms with Crippen LogP contribution in [0.1, 0.15) is 19.3 Å². The topological polar surface area (TPSA) is 22.1 Å². The minimum Gasteiger partial charge on any atom is -0.478 e. The molecule has 1 aromatic rings. The standard InChI is InChI=1S/C10H12INO/c11-9-2-1-3-10(12-9)13-7-6-8-4-5-8/h1-3,8H,4-7H2. The molecule has 0 N–H and O–H groups in total. The number of rotatable bonds is 4. The quantitative estimate of drug-likeness (QED) is 0.628. The van der Waals surface area contributed by atoms with Gasteiger partial charge in [0.1, 0.15) is 3.70 Å². The zero-order valence-corrected chi connectivity index (χ0v) is 9.53. The molecular weight excluding hydrogens is 277 g/mol. The molecule has 0 bridgehead atoms. The van der Waals surface area contributed by atoms with Gasteiger partial charge in [-0.05, 0) is 41.0 Å². The van der Waals surface area contributed by atoms with Crippen molar-refractivity contribution in [2.45, 2.75) is 19.3 Å². The average molecular weight is 289 g/mol. The third kappa shape index (κ3) is 3.14. The molecule has 0 atom stereocenters. The molecular formula is C10H12INO. The molecule has 13 heavy (non-hydrogen) atoms. The van der Waals surface area contributed by atoms with Crippen LogP contribution in [-0.2, 0) is 0 Å². The van der Waals surface area contributed by atoms with Crippen molar-refractivity contribution in [3.05, 3.63) is 21.9 Å². The van der Waals surface area contributed by atoms with Crippen molar-refractivity contribution < 1.29 is 4.74 Å². The molecule has 1 heterocycles. The molecule has 1 aliphatic rings. The zero-order valence-electron chi connectivity index (χ0n) is 7.37. The lowest BCUT2D eigenvalue weighted by molar-refractivity contribution is 0.291. The molecule has 0 saturated heterocycles. The summed E-state index contributed by atoms with van der Waals surface area (Å²) < 4.78 is 6.51. The second kappa shape index (κ2) is 4.26. The van der Waals surface area contributed by atoms with Gasteiger partial charge in [0.15, 0.2) is 0 Å². The molecule has 0 amide bonds. The van der Waals surface area contributed by atoms with Crippen molar-refractivity contribution in [3.63, 3.8) is 0 Å². The Bertz CT molecular complexity index is 286. The van der Waals surface area contributed by atoms with E-state index in [0.717, 1.165) is 22.1 Å². The second-order valence-electron chi connectivity index (χ2n) is 3.38. The van der Waals surface area contributed by atoms with Gasteiger partial charge in [-0.3, -0.25) is 0 Å². The van der Waals surface area contributed by atoms with Crippen molar-refractivity contribution in [1.82, 2.24) is 4.98 Å². The molecule has 0 unspecified atom stereocenters. The van der Waals surface area contributed by atoms with Crippen LogP contribution in [0.5, 0.6) is 5.88 Å². The van der Waals surface area contributed by atoms with Gasteiger partial charge in [-0.15, -0.1) is 0 Å². The van der Waals surface area contributed by atoms with Gasteiger partial charge in [-0.1, -0.05) is 18.9 Å². The molecule has 0 aliphatic heterocycles. The van der Waals surface area contributed by atoms with Crippen LogP contribution in [-0.4, -0.2) is 11.6 Å². The van der Waals surface area contributed by atoms with Crippen molar-refractivity contribution in [2.75, 3.05) is 6.61 Å². The third-order valence-corrected chi connectivity index (χ3v) is 2.76. The van der Waals surface area contributed by atoms with E-state index in [1.165, 1.54) is 19.3 Å². The lowest BCUT2D eigenvalue weighted by atomic mass is 10.3. The highest BCUT2D eigenvalue weighted by Gasteiger charge is 2.20. The molecule has 70 valence electrons. The van der Waals surface area contributed by atoms with Crippen molar-refractivity contribution >= 4 is 22.6 Å². The first kappa shape index (κ1) is 9.24. The normalized spacial score (nSPS) is 15.8. The highest BCUT2D eigenvalue weighted by atomic mass is 127. The molecule has 0 aromatic carbocycles. The van der Waals surface area contributed by atoms with E-state index >= 15 is 0 Å². The summed E-state index contributed by atoms with van der Waals surface area (Å²) in [5.74, 6) is 1.69. The van der Waals surface area contributed by atoms with E-state index in [0.29, 0.717) is 0 Å². The predicted octanol–water partition coefficient (Wildman–Crippen LogP) is 2.87. The average Bonchev–Trinajstić information content (AvgIpc) is 2.88. The lowest BCUT2D eigenvalue weighted by Crippen LogP contribution is -2.00. The third-order valence-electron chi connectivity index (χ3n) is 2.16. The Morgan fingerprint density at radius 1 is 1.46 bits per heavy atom. The SMILES string of the molecule is Ic1cccc(OCCC2CC2)n1. The number of nitrogens with zero attached hydrogens (tertiary/aromatic N) is 1. The molecule has 1 fully saturated rings. The smallest absolute Gasteiger partial charge is 0.214 e. The van der Waals surface area contributed by atoms with Crippen molar-refractivity contribution in [3.8, 4) is 5.88 Å². The number of ether oxygens (including phenoxy) is 1. The van der Waals surface area contributed by atoms with Gasteiger partial charge in [-0.2, -0.15) is 0 Å². The van der Waals surface area contributed by atoms with Crippen LogP contribution in [0, 0.1) is 9.62 Å². The van der Waals surface area contributed by atoms with Gasteiger partial charge < -0.3 is 4.74 Å². The van der Waals surface area contributed by atoms with E-state index in [-0.39, 0.29) is 0 Å². The van der Waals surface area contributed by atoms with E-state index in [4.69, 9.17) is 4.74 Å². The van der Waals surface area contributed by atoms with Gasteiger partial charge in [0.05, 0.1) is 6.61 Å². The van der Waals surface area contributed by atoms with Crippen LogP contribution < -0.4 is 4.74 Å². The molecule has 1 aliphatic carbocycles. The molecule has 0 radical (unpaired) electrons. The number of aromatic nitrogens is 1. The van der Waals surface area contributed by atoms with Gasteiger partial charge in [0, 0.05) is 6.07 Å². The van der Waals surface area contributed by atoms with E-state index in [1.807, 2.05) is 18.2 Å². The van der Waals surface area contributed by atoms with Gasteiger partial charge in [0.25, 0.3) is 0 Å². The maximum Gasteiger partial charge on any atom is 0.214 e. The fourth-order valence-electron chi connectivity index (χ4n) is 1.21. The highest BCUT2D eigenvalue weighted by molar-refractivity contribution is 14.1. The molecule has 3 heteroatoms. The maximum atomic E-state index is 5.52. The summed E-state index contributed by atoms with van der Waals surface area (Å²) in [6.45, 7) is 0.817. The second-order valence-corrected chi connectivity index (χ2v) is 4.48. The van der Waals surface area contributed by atoms with E-state index in [1.54, 1.807) is 0 Å².